The van der Waals surface area contributed by atoms with Gasteiger partial charge in [0.1, 0.15) is 0 Å². The number of nitrogens with one attached hydrogen (secondary N) is 2. The van der Waals surface area contributed by atoms with Crippen molar-refractivity contribution in [2.45, 2.75) is 24.0 Å². The Balaban J connectivity index is 1.76. The highest BCUT2D eigenvalue weighted by atomic mass is 32.2. The van der Waals surface area contributed by atoms with Gasteiger partial charge in [-0.05, 0) is 36.8 Å². The maximum Gasteiger partial charge on any atom is 0.251 e. The maximum atomic E-state index is 12.2. The minimum absolute atomic E-state index is 0.0569. The summed E-state index contributed by atoms with van der Waals surface area (Å²) >= 11 is 1.74. The molecule has 2 aromatic rings. The number of hydrogen-bond donors (Lipinski definition) is 2. The molecule has 0 fully saturated rings. The van der Waals surface area contributed by atoms with Crippen molar-refractivity contribution in [1.82, 2.24) is 10.0 Å². The number of carbonyl (C=O) groups is 1. The van der Waals surface area contributed by atoms with Crippen molar-refractivity contribution in [1.29, 1.82) is 5.26 Å². The lowest BCUT2D eigenvalue weighted by Crippen LogP contribution is -2.26. The largest absolute Gasteiger partial charge is 0.351 e. The molecule has 6 nitrogen and oxygen atoms in total. The molecule has 0 radical (unpaired) electrons. The number of carbonyl (C=O) groups excluding carboxylic acids is 1. The Morgan fingerprint density at radius 1 is 1.07 bits per heavy atom. The molecule has 0 aromatic heterocycles. The van der Waals surface area contributed by atoms with Crippen molar-refractivity contribution < 1.29 is 13.2 Å². The SMILES string of the molecule is Cc1ccc(CSCCNC(=O)c2ccc(S(=O)(=O)NCCC#N)cc2)cc1. The van der Waals surface area contributed by atoms with Gasteiger partial charge in [-0.3, -0.25) is 4.79 Å². The highest BCUT2D eigenvalue weighted by molar-refractivity contribution is 7.98. The Hall–Kier alpha value is -2.34. The molecular formula is C20H23N3O3S2. The van der Waals surface area contributed by atoms with E-state index in [1.807, 2.05) is 6.07 Å². The number of sulfonamides is 1. The predicted molar refractivity (Wildman–Crippen MR) is 112 cm³/mol. The zero-order valence-electron chi connectivity index (χ0n) is 15.6. The van der Waals surface area contributed by atoms with Crippen LogP contribution in [0, 0.1) is 18.3 Å². The number of aryl methyl sites for hydroxylation is 1. The number of thioether (sulfide) groups is 1. The van der Waals surface area contributed by atoms with Gasteiger partial charge in [0.15, 0.2) is 0 Å². The van der Waals surface area contributed by atoms with Crippen LogP contribution >= 0.6 is 11.8 Å². The van der Waals surface area contributed by atoms with E-state index in [0.717, 1.165) is 11.5 Å². The van der Waals surface area contributed by atoms with Crippen molar-refractivity contribution in [3.63, 3.8) is 0 Å². The van der Waals surface area contributed by atoms with E-state index in [1.54, 1.807) is 11.8 Å². The smallest absolute Gasteiger partial charge is 0.251 e. The summed E-state index contributed by atoms with van der Waals surface area (Å²) in [4.78, 5) is 12.2. The summed E-state index contributed by atoms with van der Waals surface area (Å²) in [5, 5.41) is 11.3. The number of amides is 1. The minimum atomic E-state index is -3.66. The molecule has 8 heteroatoms. The summed E-state index contributed by atoms with van der Waals surface area (Å²) < 4.78 is 26.4. The molecule has 2 aromatic carbocycles. The minimum Gasteiger partial charge on any atom is -0.351 e. The summed E-state index contributed by atoms with van der Waals surface area (Å²) in [5.74, 6) is 1.44. The first-order chi connectivity index (χ1) is 13.4. The fourth-order valence-electron chi connectivity index (χ4n) is 2.32. The molecular weight excluding hydrogens is 394 g/mol. The third-order valence-electron chi connectivity index (χ3n) is 3.88. The quantitative estimate of drug-likeness (QED) is 0.579. The predicted octanol–water partition coefficient (Wildman–Crippen LogP) is 2.85. The molecule has 2 N–H and O–H groups in total. The molecule has 0 heterocycles. The molecule has 0 saturated heterocycles. The van der Waals surface area contributed by atoms with E-state index in [2.05, 4.69) is 41.2 Å². The zero-order chi connectivity index (χ0) is 20.4. The highest BCUT2D eigenvalue weighted by Gasteiger charge is 2.14. The second-order valence-electron chi connectivity index (χ2n) is 6.12. The van der Waals surface area contributed by atoms with Gasteiger partial charge in [-0.2, -0.15) is 17.0 Å². The molecule has 0 aliphatic rings. The molecule has 2 rings (SSSR count). The molecule has 0 spiro atoms. The van der Waals surface area contributed by atoms with Crippen LogP contribution in [0.25, 0.3) is 0 Å². The van der Waals surface area contributed by atoms with Gasteiger partial charge >= 0.3 is 0 Å². The second kappa shape index (κ2) is 10.9. The first kappa shape index (κ1) is 22.0. The van der Waals surface area contributed by atoms with Crippen LogP contribution in [0.2, 0.25) is 0 Å². The number of nitriles is 1. The monoisotopic (exact) mass is 417 g/mol. The normalized spacial score (nSPS) is 11.0. The van der Waals surface area contributed by atoms with Crippen LogP contribution in [-0.2, 0) is 15.8 Å². The average Bonchev–Trinajstić information content (AvgIpc) is 2.69. The fourth-order valence-corrected chi connectivity index (χ4v) is 4.17. The van der Waals surface area contributed by atoms with Crippen LogP contribution in [-0.4, -0.2) is 33.2 Å². The van der Waals surface area contributed by atoms with E-state index >= 15 is 0 Å². The van der Waals surface area contributed by atoms with Gasteiger partial charge in [0, 0.05) is 36.6 Å². The first-order valence-corrected chi connectivity index (χ1v) is 11.4. The van der Waals surface area contributed by atoms with Crippen molar-refractivity contribution in [3.8, 4) is 6.07 Å². The van der Waals surface area contributed by atoms with Crippen LogP contribution in [0.4, 0.5) is 0 Å². The Bertz CT molecular complexity index is 919. The van der Waals surface area contributed by atoms with Crippen LogP contribution in [0.5, 0.6) is 0 Å². The maximum absolute atomic E-state index is 12.2. The molecule has 0 saturated carbocycles. The highest BCUT2D eigenvalue weighted by Crippen LogP contribution is 2.13. The second-order valence-corrected chi connectivity index (χ2v) is 9.00. The zero-order valence-corrected chi connectivity index (χ0v) is 17.3. The summed E-state index contributed by atoms with van der Waals surface area (Å²) in [5.41, 5.74) is 2.89. The Kier molecular flexibility index (Phi) is 8.51. The Labute approximate surface area is 170 Å². The van der Waals surface area contributed by atoms with E-state index in [9.17, 15) is 13.2 Å². The molecule has 0 aliphatic heterocycles. The Morgan fingerprint density at radius 3 is 2.39 bits per heavy atom. The molecule has 0 atom stereocenters. The Morgan fingerprint density at radius 2 is 1.75 bits per heavy atom. The fraction of sp³-hybridized carbons (Fsp3) is 0.300. The average molecular weight is 418 g/mol. The van der Waals surface area contributed by atoms with Gasteiger partial charge in [0.05, 0.1) is 11.0 Å². The number of hydrogen-bond acceptors (Lipinski definition) is 5. The number of nitrogens with zero attached hydrogens (tertiary/aromatic N) is 1. The van der Waals surface area contributed by atoms with Gasteiger partial charge in [-0.1, -0.05) is 29.8 Å². The van der Waals surface area contributed by atoms with E-state index in [-0.39, 0.29) is 23.8 Å². The van der Waals surface area contributed by atoms with Crippen molar-refractivity contribution in [2.24, 2.45) is 0 Å². The van der Waals surface area contributed by atoms with Crippen molar-refractivity contribution in [3.05, 3.63) is 65.2 Å². The lowest BCUT2D eigenvalue weighted by molar-refractivity contribution is 0.0956. The van der Waals surface area contributed by atoms with Gasteiger partial charge in [0.25, 0.3) is 5.91 Å². The van der Waals surface area contributed by atoms with Crippen molar-refractivity contribution in [2.75, 3.05) is 18.8 Å². The van der Waals surface area contributed by atoms with Gasteiger partial charge in [0.2, 0.25) is 10.0 Å². The van der Waals surface area contributed by atoms with Crippen LogP contribution in [0.15, 0.2) is 53.4 Å². The van der Waals surface area contributed by atoms with Gasteiger partial charge < -0.3 is 5.32 Å². The topological polar surface area (TPSA) is 99.1 Å². The molecule has 0 bridgehead atoms. The lowest BCUT2D eigenvalue weighted by Gasteiger charge is -2.08. The standard InChI is InChI=1S/C20H23N3O3S2/c1-16-3-5-17(6-4-16)15-27-14-13-22-20(24)18-7-9-19(10-8-18)28(25,26)23-12-2-11-21/h3-10,23H,2,12-15H2,1H3,(H,22,24). The summed E-state index contributed by atoms with van der Waals surface area (Å²) in [6.07, 6.45) is 0.0989. The van der Waals surface area contributed by atoms with E-state index in [4.69, 9.17) is 5.26 Å². The third kappa shape index (κ3) is 7.00. The summed E-state index contributed by atoms with van der Waals surface area (Å²) in [7, 11) is -3.66. The van der Waals surface area contributed by atoms with Crippen LogP contribution in [0.3, 0.4) is 0 Å². The van der Waals surface area contributed by atoms with Crippen molar-refractivity contribution >= 4 is 27.7 Å². The molecule has 0 aliphatic carbocycles. The van der Waals surface area contributed by atoms with E-state index in [0.29, 0.717) is 12.1 Å². The summed E-state index contributed by atoms with van der Waals surface area (Å²) in [6, 6.07) is 16.0. The number of benzene rings is 2. The van der Waals surface area contributed by atoms with E-state index < -0.39 is 10.0 Å². The third-order valence-corrected chi connectivity index (χ3v) is 6.38. The van der Waals surface area contributed by atoms with Gasteiger partial charge in [-0.15, -0.1) is 0 Å². The molecule has 1 amide bonds. The molecule has 0 unspecified atom stereocenters. The molecule has 148 valence electrons. The molecule has 28 heavy (non-hydrogen) atoms. The van der Waals surface area contributed by atoms with Crippen LogP contribution in [0.1, 0.15) is 27.9 Å². The first-order valence-electron chi connectivity index (χ1n) is 8.80. The number of rotatable bonds is 10. The lowest BCUT2D eigenvalue weighted by atomic mass is 10.2. The van der Waals surface area contributed by atoms with E-state index in [1.165, 1.54) is 35.4 Å². The van der Waals surface area contributed by atoms with Crippen LogP contribution < -0.4 is 10.0 Å². The van der Waals surface area contributed by atoms with Gasteiger partial charge in [-0.25, -0.2) is 13.1 Å². The summed E-state index contributed by atoms with van der Waals surface area (Å²) in [6.45, 7) is 2.65.